The molecule has 0 aromatic heterocycles. The third-order valence-electron chi connectivity index (χ3n) is 9.28. The second-order valence-corrected chi connectivity index (χ2v) is 11.5. The van der Waals surface area contributed by atoms with Crippen molar-refractivity contribution in [3.8, 4) is 11.1 Å². The van der Waals surface area contributed by atoms with Gasteiger partial charge >= 0.3 is 12.4 Å². The predicted octanol–water partition coefficient (Wildman–Crippen LogP) is 8.24. The zero-order valence-electron chi connectivity index (χ0n) is 21.6. The molecule has 3 unspecified atom stereocenters. The minimum absolute atomic E-state index is 0.0402. The summed E-state index contributed by atoms with van der Waals surface area (Å²) in [6.07, 6.45) is -6.93. The fraction of sp³-hybridized carbons (Fsp3) is 0.375. The van der Waals surface area contributed by atoms with Gasteiger partial charge in [-0.15, -0.1) is 0 Å². The van der Waals surface area contributed by atoms with Crippen molar-refractivity contribution in [1.82, 2.24) is 10.6 Å². The Morgan fingerprint density at radius 1 is 0.700 bits per heavy atom. The van der Waals surface area contributed by atoms with Gasteiger partial charge in [0.25, 0.3) is 0 Å². The van der Waals surface area contributed by atoms with Crippen LogP contribution in [0.3, 0.4) is 0 Å². The molecule has 4 aromatic carbocycles. The van der Waals surface area contributed by atoms with Crippen molar-refractivity contribution in [2.75, 3.05) is 19.6 Å². The summed E-state index contributed by atoms with van der Waals surface area (Å²) in [5.41, 5.74) is 0.0773. The lowest BCUT2D eigenvalue weighted by Gasteiger charge is -2.36. The van der Waals surface area contributed by atoms with Crippen molar-refractivity contribution in [3.63, 3.8) is 0 Å². The van der Waals surface area contributed by atoms with Crippen molar-refractivity contribution >= 4 is 21.5 Å². The molecule has 208 valence electrons. The number of hydrogen-bond donors (Lipinski definition) is 2. The number of halogens is 6. The summed E-state index contributed by atoms with van der Waals surface area (Å²) in [5, 5.41) is 7.81. The van der Waals surface area contributed by atoms with Gasteiger partial charge in [-0.1, -0.05) is 42.5 Å². The summed E-state index contributed by atoms with van der Waals surface area (Å²) in [6.45, 7) is 2.24. The molecular weight excluding hydrogens is 526 g/mol. The lowest BCUT2D eigenvalue weighted by atomic mass is 9.68. The van der Waals surface area contributed by atoms with Crippen LogP contribution in [-0.4, -0.2) is 25.7 Å². The van der Waals surface area contributed by atoms with Crippen LogP contribution in [0.4, 0.5) is 26.3 Å². The first-order chi connectivity index (χ1) is 19.1. The highest BCUT2D eigenvalue weighted by Crippen LogP contribution is 2.53. The van der Waals surface area contributed by atoms with Crippen molar-refractivity contribution in [3.05, 3.63) is 82.9 Å². The average molecular weight is 555 g/mol. The smallest absolute Gasteiger partial charge is 0.317 e. The molecule has 40 heavy (non-hydrogen) atoms. The Bertz CT molecular complexity index is 1600. The minimum atomic E-state index is -4.70. The molecule has 8 rings (SSSR count). The molecule has 3 aliphatic heterocycles. The van der Waals surface area contributed by atoms with Crippen LogP contribution in [-0.2, 0) is 12.4 Å². The van der Waals surface area contributed by atoms with Crippen LogP contribution in [0.1, 0.15) is 53.4 Å². The molecule has 4 fully saturated rings. The van der Waals surface area contributed by atoms with E-state index in [2.05, 4.69) is 10.6 Å². The van der Waals surface area contributed by atoms with E-state index in [1.165, 1.54) is 18.2 Å². The fourth-order valence-electron chi connectivity index (χ4n) is 7.45. The molecule has 1 saturated carbocycles. The first-order valence-corrected chi connectivity index (χ1v) is 13.8. The van der Waals surface area contributed by atoms with Gasteiger partial charge in [0.2, 0.25) is 0 Å². The number of alkyl halides is 6. The van der Waals surface area contributed by atoms with Gasteiger partial charge in [-0.25, -0.2) is 0 Å². The molecule has 0 spiro atoms. The van der Waals surface area contributed by atoms with E-state index in [0.29, 0.717) is 48.2 Å². The van der Waals surface area contributed by atoms with E-state index in [1.54, 1.807) is 36.4 Å². The largest absolute Gasteiger partial charge is 0.417 e. The Morgan fingerprint density at radius 3 is 2.05 bits per heavy atom. The van der Waals surface area contributed by atoms with E-state index < -0.39 is 23.5 Å². The topological polar surface area (TPSA) is 24.1 Å². The van der Waals surface area contributed by atoms with Crippen LogP contribution in [0, 0.1) is 5.92 Å². The van der Waals surface area contributed by atoms with Crippen molar-refractivity contribution < 1.29 is 26.3 Å². The molecule has 1 aliphatic carbocycles. The molecule has 0 amide bonds. The van der Waals surface area contributed by atoms with E-state index in [9.17, 15) is 26.3 Å². The Hall–Kier alpha value is -3.10. The van der Waals surface area contributed by atoms with Gasteiger partial charge < -0.3 is 10.6 Å². The molecule has 2 N–H and O–H groups in total. The first kappa shape index (κ1) is 25.8. The predicted molar refractivity (Wildman–Crippen MR) is 144 cm³/mol. The zero-order chi connectivity index (χ0) is 27.8. The maximum atomic E-state index is 14.9. The molecule has 4 aliphatic rings. The lowest BCUT2D eigenvalue weighted by molar-refractivity contribution is -0.137. The molecule has 8 heteroatoms. The zero-order valence-corrected chi connectivity index (χ0v) is 21.6. The van der Waals surface area contributed by atoms with Crippen LogP contribution >= 0.6 is 0 Å². The third kappa shape index (κ3) is 4.10. The first-order valence-electron chi connectivity index (χ1n) is 13.8. The number of rotatable bonds is 3. The Morgan fingerprint density at radius 2 is 1.40 bits per heavy atom. The summed E-state index contributed by atoms with van der Waals surface area (Å²) in [5.74, 6) is 0.380. The van der Waals surface area contributed by atoms with Crippen LogP contribution in [0.25, 0.3) is 32.7 Å². The number of nitrogens with one attached hydrogen (secondary N) is 2. The van der Waals surface area contributed by atoms with Crippen molar-refractivity contribution in [2.24, 2.45) is 5.92 Å². The van der Waals surface area contributed by atoms with Crippen molar-refractivity contribution in [2.45, 2.75) is 49.5 Å². The maximum Gasteiger partial charge on any atom is 0.417 e. The molecular formula is C32H28F6N2. The molecule has 2 bridgehead atoms. The third-order valence-corrected chi connectivity index (χ3v) is 9.28. The summed E-state index contributed by atoms with van der Waals surface area (Å²) in [4.78, 5) is 0. The highest BCUT2D eigenvalue weighted by Gasteiger charge is 2.48. The van der Waals surface area contributed by atoms with Crippen LogP contribution < -0.4 is 10.6 Å². The highest BCUT2D eigenvalue weighted by molar-refractivity contribution is 5.99. The number of benzene rings is 4. The highest BCUT2D eigenvalue weighted by atomic mass is 19.4. The van der Waals surface area contributed by atoms with E-state index in [1.807, 2.05) is 0 Å². The standard InChI is InChI=1S/C32H28F6N2/c33-31(34,35)27-7-3-6-21-23(17-8-10-39-11-9-17)12-18(13-25(21)27)24-15-26(29-19-14-28(29)40-16-19)20-4-1-2-5-22(20)30(24)32(36,37)38/h1-7,12-13,15,17,19,28-29,39-40H,8-11,14,16H2. The maximum absolute atomic E-state index is 14.9. The lowest BCUT2D eigenvalue weighted by Crippen LogP contribution is -2.35. The van der Waals surface area contributed by atoms with E-state index in [0.717, 1.165) is 24.6 Å². The SMILES string of the molecule is FC(F)(F)c1cccc2c(C3CCNCC3)cc(-c3cc(C4C5CNC4C5)c4ccccc4c3C(F)(F)F)cc12. The van der Waals surface area contributed by atoms with Gasteiger partial charge in [0.15, 0.2) is 0 Å². The quantitative estimate of drug-likeness (QED) is 0.249. The molecule has 2 nitrogen and oxygen atoms in total. The fourth-order valence-corrected chi connectivity index (χ4v) is 7.45. The molecule has 3 saturated heterocycles. The van der Waals surface area contributed by atoms with Crippen molar-refractivity contribution in [1.29, 1.82) is 0 Å². The second-order valence-electron chi connectivity index (χ2n) is 11.5. The average Bonchev–Trinajstić information content (AvgIpc) is 3.57. The number of piperidine rings is 1. The van der Waals surface area contributed by atoms with E-state index >= 15 is 0 Å². The van der Waals surface area contributed by atoms with E-state index in [4.69, 9.17) is 0 Å². The van der Waals surface area contributed by atoms with Gasteiger partial charge in [-0.05, 0) is 113 Å². The Kier molecular flexibility index (Phi) is 5.95. The van der Waals surface area contributed by atoms with Crippen LogP contribution in [0.5, 0.6) is 0 Å². The van der Waals surface area contributed by atoms with Gasteiger partial charge in [-0.2, -0.15) is 26.3 Å². The molecule has 4 aromatic rings. The van der Waals surface area contributed by atoms with Crippen LogP contribution in [0.15, 0.2) is 60.7 Å². The van der Waals surface area contributed by atoms with Gasteiger partial charge in [0, 0.05) is 12.0 Å². The van der Waals surface area contributed by atoms with E-state index in [-0.39, 0.29) is 39.8 Å². The summed E-state index contributed by atoms with van der Waals surface area (Å²) < 4.78 is 87.4. The molecule has 0 radical (unpaired) electrons. The minimum Gasteiger partial charge on any atom is -0.317 e. The normalized spacial score (nSPS) is 23.6. The summed E-state index contributed by atoms with van der Waals surface area (Å²) >= 11 is 0. The van der Waals surface area contributed by atoms with Gasteiger partial charge in [-0.3, -0.25) is 0 Å². The number of fused-ring (bicyclic) bond motifs is 3. The molecule has 3 atom stereocenters. The number of hydrogen-bond acceptors (Lipinski definition) is 2. The Labute approximate surface area is 227 Å². The van der Waals surface area contributed by atoms with Crippen LogP contribution in [0.2, 0.25) is 0 Å². The summed E-state index contributed by atoms with van der Waals surface area (Å²) in [6, 6.07) is 15.6. The second kappa shape index (κ2) is 9.21. The van der Waals surface area contributed by atoms with Gasteiger partial charge in [0.1, 0.15) is 0 Å². The Balaban J connectivity index is 1.56. The summed E-state index contributed by atoms with van der Waals surface area (Å²) in [7, 11) is 0. The van der Waals surface area contributed by atoms with Gasteiger partial charge in [0.05, 0.1) is 11.1 Å². The molecule has 3 heterocycles. The monoisotopic (exact) mass is 554 g/mol.